The molecule has 8 heteroatoms. The molecule has 0 aromatic carbocycles. The number of carbonyl (C=O) groups excluding carboxylic acids is 1. The molecular formula is C10H16N2O5S. The number of sulfone groups is 1. The lowest BCUT2D eigenvalue weighted by atomic mass is 10.1. The third-order valence-electron chi connectivity index (χ3n) is 2.53. The molecule has 1 amide bonds. The Morgan fingerprint density at radius 2 is 2.33 bits per heavy atom. The number of rotatable bonds is 3. The first-order valence-electron chi connectivity index (χ1n) is 5.35. The van der Waals surface area contributed by atoms with Crippen LogP contribution < -0.4 is 0 Å². The fourth-order valence-corrected chi connectivity index (χ4v) is 1.65. The molecule has 0 fully saturated rings. The lowest BCUT2D eigenvalue weighted by Gasteiger charge is -2.26. The van der Waals surface area contributed by atoms with E-state index in [1.54, 1.807) is 0 Å². The number of hydrogen-bond acceptors (Lipinski definition) is 6. The van der Waals surface area contributed by atoms with Crippen LogP contribution >= 0.6 is 0 Å². The smallest absolute Gasteiger partial charge is 0.411 e. The second-order valence-corrected chi connectivity index (χ2v) is 6.34. The van der Waals surface area contributed by atoms with Gasteiger partial charge in [0.2, 0.25) is 5.44 Å². The summed E-state index contributed by atoms with van der Waals surface area (Å²) in [5.74, 6) is 0. The van der Waals surface area contributed by atoms with E-state index in [4.69, 9.17) is 9.94 Å². The fourth-order valence-electron chi connectivity index (χ4n) is 1.40. The summed E-state index contributed by atoms with van der Waals surface area (Å²) in [5, 5.41) is 11.3. The average molecular weight is 276 g/mol. The topological polar surface area (TPSA) is 96.3 Å². The molecule has 1 aliphatic heterocycles. The number of hydrogen-bond donors (Lipinski definition) is 1. The van der Waals surface area contributed by atoms with Crippen LogP contribution in [0.1, 0.15) is 13.3 Å². The largest absolute Gasteiger partial charge is 0.430 e. The predicted octanol–water partition coefficient (Wildman–Crippen LogP) is 0.606. The van der Waals surface area contributed by atoms with Crippen LogP contribution in [0.3, 0.4) is 0 Å². The van der Waals surface area contributed by atoms with Crippen LogP contribution in [0.5, 0.6) is 0 Å². The van der Waals surface area contributed by atoms with Crippen molar-refractivity contribution < 1.29 is 23.2 Å². The van der Waals surface area contributed by atoms with Crippen LogP contribution in [-0.4, -0.2) is 55.6 Å². The monoisotopic (exact) mass is 276 g/mol. The van der Waals surface area contributed by atoms with E-state index in [0.29, 0.717) is 18.5 Å². The van der Waals surface area contributed by atoms with Crippen molar-refractivity contribution in [1.29, 1.82) is 0 Å². The van der Waals surface area contributed by atoms with Crippen molar-refractivity contribution in [3.63, 3.8) is 0 Å². The highest BCUT2D eigenvalue weighted by Gasteiger charge is 2.24. The normalized spacial score (nSPS) is 18.6. The first-order valence-corrected chi connectivity index (χ1v) is 7.31. The Kier molecular flexibility index (Phi) is 4.71. The van der Waals surface area contributed by atoms with Crippen molar-refractivity contribution >= 4 is 22.1 Å². The molecule has 0 bridgehead atoms. The lowest BCUT2D eigenvalue weighted by molar-refractivity contribution is 0.0975. The Bertz CT molecular complexity index is 469. The van der Waals surface area contributed by atoms with Gasteiger partial charge in [-0.15, -0.1) is 0 Å². The van der Waals surface area contributed by atoms with Crippen molar-refractivity contribution in [2.24, 2.45) is 5.16 Å². The minimum atomic E-state index is -3.41. The van der Waals surface area contributed by atoms with E-state index in [1.807, 2.05) is 6.08 Å². The van der Waals surface area contributed by atoms with E-state index in [2.05, 4.69) is 5.16 Å². The zero-order valence-electron chi connectivity index (χ0n) is 10.2. The predicted molar refractivity (Wildman–Crippen MR) is 65.3 cm³/mol. The van der Waals surface area contributed by atoms with Gasteiger partial charge in [0.15, 0.2) is 9.84 Å². The van der Waals surface area contributed by atoms with Gasteiger partial charge in [0, 0.05) is 12.8 Å². The summed E-state index contributed by atoms with van der Waals surface area (Å²) in [7, 11) is -3.41. The highest BCUT2D eigenvalue weighted by molar-refractivity contribution is 7.91. The van der Waals surface area contributed by atoms with Gasteiger partial charge in [0.05, 0.1) is 12.8 Å². The second kappa shape index (κ2) is 5.85. The maximum absolute atomic E-state index is 11.7. The SMILES string of the molecule is CC(OC(=O)N1CCC=C(/C=N/O)C1)S(C)(=O)=O. The highest BCUT2D eigenvalue weighted by Crippen LogP contribution is 2.11. The Morgan fingerprint density at radius 1 is 1.67 bits per heavy atom. The number of amides is 1. The van der Waals surface area contributed by atoms with E-state index in [-0.39, 0.29) is 6.54 Å². The molecule has 102 valence electrons. The van der Waals surface area contributed by atoms with E-state index < -0.39 is 21.4 Å². The molecule has 1 rings (SSSR count). The summed E-state index contributed by atoms with van der Waals surface area (Å²) in [6.07, 6.45) is 3.99. The Morgan fingerprint density at radius 3 is 2.89 bits per heavy atom. The van der Waals surface area contributed by atoms with Crippen molar-refractivity contribution in [2.75, 3.05) is 19.3 Å². The van der Waals surface area contributed by atoms with Crippen molar-refractivity contribution in [3.8, 4) is 0 Å². The van der Waals surface area contributed by atoms with Gasteiger partial charge in [0.1, 0.15) is 0 Å². The fraction of sp³-hybridized carbons (Fsp3) is 0.600. The Balaban J connectivity index is 2.62. The third-order valence-corrected chi connectivity index (χ3v) is 3.83. The molecule has 1 unspecified atom stereocenters. The molecule has 1 aliphatic rings. The van der Waals surface area contributed by atoms with E-state index >= 15 is 0 Å². The van der Waals surface area contributed by atoms with Crippen molar-refractivity contribution in [1.82, 2.24) is 4.90 Å². The van der Waals surface area contributed by atoms with Crippen LogP contribution in [0.4, 0.5) is 4.79 Å². The van der Waals surface area contributed by atoms with Crippen LogP contribution in [0.15, 0.2) is 16.8 Å². The summed E-state index contributed by atoms with van der Waals surface area (Å²) in [6, 6.07) is 0. The maximum Gasteiger partial charge on any atom is 0.411 e. The van der Waals surface area contributed by atoms with Gasteiger partial charge >= 0.3 is 6.09 Å². The van der Waals surface area contributed by atoms with Crippen LogP contribution in [0.25, 0.3) is 0 Å². The lowest BCUT2D eigenvalue weighted by Crippen LogP contribution is -2.39. The minimum absolute atomic E-state index is 0.235. The van der Waals surface area contributed by atoms with Gasteiger partial charge in [0.25, 0.3) is 0 Å². The second-order valence-electron chi connectivity index (χ2n) is 4.01. The number of ether oxygens (including phenoxy) is 1. The Labute approximate surface area is 106 Å². The molecule has 0 saturated carbocycles. The van der Waals surface area contributed by atoms with Crippen LogP contribution in [0, 0.1) is 0 Å². The van der Waals surface area contributed by atoms with Gasteiger partial charge in [-0.05, 0) is 18.9 Å². The standard InChI is InChI=1S/C10H16N2O5S/c1-8(18(2,15)16)17-10(13)12-5-3-4-9(7-12)6-11-14/h4,6,8,14H,3,5,7H2,1-2H3/b11-6+. The third kappa shape index (κ3) is 4.02. The molecule has 1 atom stereocenters. The molecule has 0 aliphatic carbocycles. The molecule has 0 radical (unpaired) electrons. The maximum atomic E-state index is 11.7. The van der Waals surface area contributed by atoms with Gasteiger partial charge in [-0.1, -0.05) is 11.2 Å². The summed E-state index contributed by atoms with van der Waals surface area (Å²) < 4.78 is 27.2. The molecular weight excluding hydrogens is 260 g/mol. The molecule has 0 aromatic rings. The number of oxime groups is 1. The minimum Gasteiger partial charge on any atom is -0.430 e. The average Bonchev–Trinajstić information content (AvgIpc) is 2.28. The molecule has 0 saturated heterocycles. The molecule has 18 heavy (non-hydrogen) atoms. The first kappa shape index (κ1) is 14.5. The molecule has 0 spiro atoms. The number of carbonyl (C=O) groups is 1. The molecule has 7 nitrogen and oxygen atoms in total. The molecule has 1 N–H and O–H groups in total. The summed E-state index contributed by atoms with van der Waals surface area (Å²) in [6.45, 7) is 1.99. The highest BCUT2D eigenvalue weighted by atomic mass is 32.2. The van der Waals surface area contributed by atoms with E-state index in [1.165, 1.54) is 18.0 Å². The van der Waals surface area contributed by atoms with Gasteiger partial charge in [-0.25, -0.2) is 13.2 Å². The summed E-state index contributed by atoms with van der Waals surface area (Å²) in [5.41, 5.74) is -0.501. The van der Waals surface area contributed by atoms with Crippen LogP contribution in [-0.2, 0) is 14.6 Å². The van der Waals surface area contributed by atoms with Gasteiger partial charge in [-0.2, -0.15) is 0 Å². The van der Waals surface area contributed by atoms with Gasteiger partial charge < -0.3 is 14.8 Å². The van der Waals surface area contributed by atoms with Gasteiger partial charge in [-0.3, -0.25) is 0 Å². The summed E-state index contributed by atoms with van der Waals surface area (Å²) >= 11 is 0. The first-order chi connectivity index (χ1) is 8.34. The zero-order valence-corrected chi connectivity index (χ0v) is 11.1. The van der Waals surface area contributed by atoms with E-state index in [0.717, 1.165) is 6.26 Å². The van der Waals surface area contributed by atoms with Crippen molar-refractivity contribution in [2.45, 2.75) is 18.8 Å². The summed E-state index contributed by atoms with van der Waals surface area (Å²) in [4.78, 5) is 13.1. The molecule has 0 aromatic heterocycles. The molecule has 1 heterocycles. The number of nitrogens with zero attached hydrogens (tertiary/aromatic N) is 2. The van der Waals surface area contributed by atoms with Crippen LogP contribution in [0.2, 0.25) is 0 Å². The zero-order chi connectivity index (χ0) is 13.8. The van der Waals surface area contributed by atoms with Crippen molar-refractivity contribution in [3.05, 3.63) is 11.6 Å². The van der Waals surface area contributed by atoms with E-state index in [9.17, 15) is 13.2 Å². The Hall–Kier alpha value is -1.57. The quantitative estimate of drug-likeness (QED) is 0.462.